The Kier molecular flexibility index (Phi) is 6.48. The van der Waals surface area contributed by atoms with Gasteiger partial charge in [0.15, 0.2) is 0 Å². The van der Waals surface area contributed by atoms with Crippen molar-refractivity contribution in [1.29, 1.82) is 0 Å². The second-order valence-corrected chi connectivity index (χ2v) is 6.27. The number of nitrogens with zero attached hydrogens (tertiary/aromatic N) is 3. The fraction of sp³-hybridized carbons (Fsp3) is 0.412. The van der Waals surface area contributed by atoms with Crippen molar-refractivity contribution >= 4 is 40.7 Å². The number of hydrogen-bond acceptors (Lipinski definition) is 4. The molecule has 23 heavy (non-hydrogen) atoms. The van der Waals surface area contributed by atoms with Crippen LogP contribution in [0.3, 0.4) is 0 Å². The molecule has 2 rings (SSSR count). The largest absolute Gasteiger partial charge is 0.356 e. The quantitative estimate of drug-likeness (QED) is 0.717. The lowest BCUT2D eigenvalue weighted by Crippen LogP contribution is -2.26. The Morgan fingerprint density at radius 3 is 2.35 bits per heavy atom. The summed E-state index contributed by atoms with van der Waals surface area (Å²) < 4.78 is 0. The molecule has 1 aromatic carbocycles. The highest BCUT2D eigenvalue weighted by atomic mass is 35.5. The van der Waals surface area contributed by atoms with E-state index in [9.17, 15) is 0 Å². The van der Waals surface area contributed by atoms with Gasteiger partial charge in [0.1, 0.15) is 5.82 Å². The summed E-state index contributed by atoms with van der Waals surface area (Å²) in [6, 6.07) is 7.32. The van der Waals surface area contributed by atoms with E-state index in [1.165, 1.54) is 0 Å². The van der Waals surface area contributed by atoms with Gasteiger partial charge in [0, 0.05) is 29.9 Å². The SMILES string of the molecule is CCCN(CCC)c1cc(C)nc(Nc2ccc(Cl)cc2Cl)n1. The standard InChI is InChI=1S/C17H22Cl2N4/c1-4-8-23(9-5-2)16-10-12(3)20-17(22-16)21-15-7-6-13(18)11-14(15)19/h6-7,10-11H,4-5,8-9H2,1-3H3,(H,20,21,22). The van der Waals surface area contributed by atoms with E-state index in [2.05, 4.69) is 34.0 Å². The van der Waals surface area contributed by atoms with Crippen molar-refractivity contribution in [3.8, 4) is 0 Å². The first-order valence-corrected chi connectivity index (χ1v) is 8.61. The summed E-state index contributed by atoms with van der Waals surface area (Å²) in [7, 11) is 0. The topological polar surface area (TPSA) is 41.1 Å². The molecule has 124 valence electrons. The van der Waals surface area contributed by atoms with Gasteiger partial charge in [-0.1, -0.05) is 37.0 Å². The number of halogens is 2. The fourth-order valence-electron chi connectivity index (χ4n) is 2.36. The first kappa shape index (κ1) is 17.8. The Balaban J connectivity index is 2.28. The van der Waals surface area contributed by atoms with Crippen LogP contribution in [0.5, 0.6) is 0 Å². The summed E-state index contributed by atoms with van der Waals surface area (Å²) in [4.78, 5) is 11.4. The van der Waals surface area contributed by atoms with Crippen molar-refractivity contribution in [2.24, 2.45) is 0 Å². The van der Waals surface area contributed by atoms with Crippen molar-refractivity contribution in [1.82, 2.24) is 9.97 Å². The van der Waals surface area contributed by atoms with Crippen molar-refractivity contribution in [2.45, 2.75) is 33.6 Å². The third-order valence-electron chi connectivity index (χ3n) is 3.33. The minimum absolute atomic E-state index is 0.543. The van der Waals surface area contributed by atoms with Gasteiger partial charge in [-0.3, -0.25) is 0 Å². The number of hydrogen-bond donors (Lipinski definition) is 1. The van der Waals surface area contributed by atoms with E-state index in [0.717, 1.165) is 43.1 Å². The third kappa shape index (κ3) is 4.98. The Morgan fingerprint density at radius 2 is 1.74 bits per heavy atom. The minimum atomic E-state index is 0.543. The van der Waals surface area contributed by atoms with E-state index in [4.69, 9.17) is 23.2 Å². The lowest BCUT2D eigenvalue weighted by molar-refractivity contribution is 0.732. The third-order valence-corrected chi connectivity index (χ3v) is 3.88. The molecule has 1 aromatic heterocycles. The smallest absolute Gasteiger partial charge is 0.229 e. The molecule has 0 unspecified atom stereocenters. The average Bonchev–Trinajstić information content (AvgIpc) is 2.49. The van der Waals surface area contributed by atoms with Crippen LogP contribution in [-0.4, -0.2) is 23.1 Å². The maximum Gasteiger partial charge on any atom is 0.229 e. The second-order valence-electron chi connectivity index (χ2n) is 5.43. The maximum atomic E-state index is 6.21. The molecule has 6 heteroatoms. The Labute approximate surface area is 147 Å². The zero-order valence-electron chi connectivity index (χ0n) is 13.7. The maximum absolute atomic E-state index is 6.21. The molecule has 0 saturated heterocycles. The zero-order chi connectivity index (χ0) is 16.8. The minimum Gasteiger partial charge on any atom is -0.356 e. The van der Waals surface area contributed by atoms with Crippen LogP contribution in [-0.2, 0) is 0 Å². The summed E-state index contributed by atoms with van der Waals surface area (Å²) in [5, 5.41) is 4.33. The molecule has 0 bridgehead atoms. The first-order valence-electron chi connectivity index (χ1n) is 7.86. The van der Waals surface area contributed by atoms with Gasteiger partial charge in [-0.15, -0.1) is 0 Å². The van der Waals surface area contributed by atoms with E-state index in [-0.39, 0.29) is 0 Å². The molecule has 1 N–H and O–H groups in total. The molecule has 0 saturated carbocycles. The lowest BCUT2D eigenvalue weighted by atomic mass is 10.3. The second kappa shape index (κ2) is 8.37. The van der Waals surface area contributed by atoms with Gasteiger partial charge in [0.2, 0.25) is 5.95 Å². The molecular formula is C17H22Cl2N4. The van der Waals surface area contributed by atoms with Crippen LogP contribution >= 0.6 is 23.2 Å². The van der Waals surface area contributed by atoms with Gasteiger partial charge >= 0.3 is 0 Å². The summed E-state index contributed by atoms with van der Waals surface area (Å²) in [5.74, 6) is 1.48. The molecule has 0 atom stereocenters. The van der Waals surface area contributed by atoms with Gasteiger partial charge in [0.05, 0.1) is 10.7 Å². The average molecular weight is 353 g/mol. The molecule has 0 amide bonds. The predicted molar refractivity (Wildman–Crippen MR) is 99.3 cm³/mol. The summed E-state index contributed by atoms with van der Waals surface area (Å²) in [6.45, 7) is 8.26. The number of aromatic nitrogens is 2. The normalized spacial score (nSPS) is 10.7. The molecule has 2 aromatic rings. The summed E-state index contributed by atoms with van der Waals surface area (Å²) in [5.41, 5.74) is 1.66. The highest BCUT2D eigenvalue weighted by Gasteiger charge is 2.10. The van der Waals surface area contributed by atoms with Gasteiger partial charge in [-0.2, -0.15) is 4.98 Å². The summed E-state index contributed by atoms with van der Waals surface area (Å²) >= 11 is 12.1. The first-order chi connectivity index (χ1) is 11.0. The Bertz CT molecular complexity index is 655. The van der Waals surface area contributed by atoms with Crippen molar-refractivity contribution in [3.05, 3.63) is 40.0 Å². The van der Waals surface area contributed by atoms with Crippen molar-refractivity contribution in [2.75, 3.05) is 23.3 Å². The molecule has 0 aliphatic carbocycles. The van der Waals surface area contributed by atoms with E-state index in [1.54, 1.807) is 12.1 Å². The van der Waals surface area contributed by atoms with Crippen LogP contribution in [0.25, 0.3) is 0 Å². The van der Waals surface area contributed by atoms with E-state index in [1.807, 2.05) is 19.1 Å². The van der Waals surface area contributed by atoms with Crippen LogP contribution < -0.4 is 10.2 Å². The van der Waals surface area contributed by atoms with E-state index >= 15 is 0 Å². The van der Waals surface area contributed by atoms with E-state index in [0.29, 0.717) is 16.0 Å². The Hall–Kier alpha value is -1.52. The lowest BCUT2D eigenvalue weighted by Gasteiger charge is -2.23. The molecular weight excluding hydrogens is 331 g/mol. The number of anilines is 3. The molecule has 0 spiro atoms. The van der Waals surface area contributed by atoms with Crippen LogP contribution in [0.15, 0.2) is 24.3 Å². The number of aryl methyl sites for hydroxylation is 1. The van der Waals surface area contributed by atoms with Gasteiger partial charge < -0.3 is 10.2 Å². The number of benzene rings is 1. The van der Waals surface area contributed by atoms with Gasteiger partial charge in [-0.25, -0.2) is 4.98 Å². The number of nitrogens with one attached hydrogen (secondary N) is 1. The van der Waals surface area contributed by atoms with Crippen LogP contribution in [0, 0.1) is 6.92 Å². The Morgan fingerprint density at radius 1 is 1.04 bits per heavy atom. The highest BCUT2D eigenvalue weighted by Crippen LogP contribution is 2.28. The molecule has 1 heterocycles. The molecule has 0 fully saturated rings. The zero-order valence-corrected chi connectivity index (χ0v) is 15.2. The highest BCUT2D eigenvalue weighted by molar-refractivity contribution is 6.36. The van der Waals surface area contributed by atoms with Crippen molar-refractivity contribution < 1.29 is 0 Å². The molecule has 0 aliphatic rings. The number of rotatable bonds is 7. The van der Waals surface area contributed by atoms with Gasteiger partial charge in [0.25, 0.3) is 0 Å². The van der Waals surface area contributed by atoms with E-state index < -0.39 is 0 Å². The van der Waals surface area contributed by atoms with Crippen LogP contribution in [0.1, 0.15) is 32.4 Å². The molecule has 4 nitrogen and oxygen atoms in total. The van der Waals surface area contributed by atoms with Crippen molar-refractivity contribution in [3.63, 3.8) is 0 Å². The van der Waals surface area contributed by atoms with Gasteiger partial charge in [-0.05, 0) is 38.0 Å². The summed E-state index contributed by atoms with van der Waals surface area (Å²) in [6.07, 6.45) is 2.16. The van der Waals surface area contributed by atoms with Crippen LogP contribution in [0.4, 0.5) is 17.5 Å². The predicted octanol–water partition coefficient (Wildman–Crippen LogP) is 5.46. The fourth-order valence-corrected chi connectivity index (χ4v) is 2.82. The van der Waals surface area contributed by atoms with Crippen LogP contribution in [0.2, 0.25) is 10.0 Å². The molecule has 0 aliphatic heterocycles. The molecule has 0 radical (unpaired) electrons. The monoisotopic (exact) mass is 352 g/mol.